The van der Waals surface area contributed by atoms with Gasteiger partial charge in [0.1, 0.15) is 18.3 Å². The number of aliphatic hydroxyl groups excluding tert-OH is 3. The van der Waals surface area contributed by atoms with Crippen LogP contribution >= 0.6 is 8.60 Å². The first kappa shape index (κ1) is 27.9. The van der Waals surface area contributed by atoms with E-state index in [0.29, 0.717) is 19.3 Å². The lowest BCUT2D eigenvalue weighted by Gasteiger charge is -2.36. The number of hydrogen-bond acceptors (Lipinski definition) is 12. The summed E-state index contributed by atoms with van der Waals surface area (Å²) >= 11 is 0. The molecule has 0 aromatic carbocycles. The Labute approximate surface area is 164 Å². The van der Waals surface area contributed by atoms with Crippen LogP contribution < -0.4 is 0 Å². The Kier molecular flexibility index (Phi) is 11.9. The summed E-state index contributed by atoms with van der Waals surface area (Å²) in [4.78, 5) is 0. The van der Waals surface area contributed by atoms with Crippen LogP contribution in [0.25, 0.3) is 0 Å². The van der Waals surface area contributed by atoms with Gasteiger partial charge in [-0.1, -0.05) is 40.0 Å². The lowest BCUT2D eigenvalue weighted by molar-refractivity contribution is -0.386. The highest BCUT2D eigenvalue weighted by Gasteiger charge is 2.48. The highest BCUT2D eigenvalue weighted by Crippen LogP contribution is 2.50. The van der Waals surface area contributed by atoms with Crippen molar-refractivity contribution in [1.82, 2.24) is 0 Å². The molecule has 0 heterocycles. The van der Waals surface area contributed by atoms with E-state index in [-0.39, 0.29) is 19.3 Å². The van der Waals surface area contributed by atoms with Crippen molar-refractivity contribution in [2.45, 2.75) is 95.5 Å². The normalized spacial score (nSPS) is 18.0. The molecule has 3 unspecified atom stereocenters. The minimum atomic E-state index is -3.43. The zero-order valence-corrected chi connectivity index (χ0v) is 17.1. The number of aliphatic hydroxyl groups is 9. The summed E-state index contributed by atoms with van der Waals surface area (Å²) in [5.41, 5.74) is 0. The van der Waals surface area contributed by atoms with Gasteiger partial charge in [0.05, 0.1) is 0 Å². The number of rotatable bonds is 15. The van der Waals surface area contributed by atoms with Gasteiger partial charge in [-0.3, -0.25) is 13.6 Å². The molecule has 0 aromatic rings. The summed E-state index contributed by atoms with van der Waals surface area (Å²) in [5, 5.41) is 88.3. The highest BCUT2D eigenvalue weighted by atomic mass is 31.2. The zero-order chi connectivity index (χ0) is 22.2. The first-order valence-corrected chi connectivity index (χ1v) is 10.1. The molecule has 0 bridgehead atoms. The van der Waals surface area contributed by atoms with Gasteiger partial charge in [-0.15, -0.1) is 0 Å². The quantitative estimate of drug-likeness (QED) is 0.108. The molecule has 0 fully saturated rings. The fourth-order valence-corrected chi connectivity index (χ4v) is 3.09. The predicted octanol–water partition coefficient (Wildman–Crippen LogP) is -1.34. The molecule has 0 saturated carbocycles. The van der Waals surface area contributed by atoms with E-state index in [4.69, 9.17) is 0 Å². The Morgan fingerprint density at radius 1 is 0.571 bits per heavy atom. The van der Waals surface area contributed by atoms with Crippen molar-refractivity contribution < 1.29 is 59.5 Å². The maximum absolute atomic E-state index is 9.85. The Hall–Kier alpha value is -0.0500. The first-order chi connectivity index (χ1) is 12.7. The Morgan fingerprint density at radius 3 is 0.964 bits per heavy atom. The van der Waals surface area contributed by atoms with Gasteiger partial charge < -0.3 is 46.0 Å². The van der Waals surface area contributed by atoms with E-state index in [9.17, 15) is 46.0 Å². The molecule has 12 nitrogen and oxygen atoms in total. The second kappa shape index (κ2) is 12.0. The molecule has 13 heteroatoms. The van der Waals surface area contributed by atoms with Gasteiger partial charge >= 0.3 is 26.5 Å². The smallest absolute Gasteiger partial charge is 0.346 e. The van der Waals surface area contributed by atoms with E-state index in [1.54, 1.807) is 20.8 Å². The van der Waals surface area contributed by atoms with Crippen LogP contribution in [0, 0.1) is 0 Å². The summed E-state index contributed by atoms with van der Waals surface area (Å²) < 4.78 is 13.8. The predicted molar refractivity (Wildman–Crippen MR) is 94.4 cm³/mol. The fraction of sp³-hybridized carbons (Fsp3) is 1.00. The van der Waals surface area contributed by atoms with Gasteiger partial charge in [-0.05, 0) is 19.3 Å². The third kappa shape index (κ3) is 9.18. The van der Waals surface area contributed by atoms with Crippen LogP contribution in [0.5, 0.6) is 0 Å². The lowest BCUT2D eigenvalue weighted by atomic mass is 10.2. The molecule has 0 amide bonds. The topological polar surface area (TPSA) is 210 Å². The van der Waals surface area contributed by atoms with Crippen molar-refractivity contribution in [3.63, 3.8) is 0 Å². The Morgan fingerprint density at radius 2 is 0.786 bits per heavy atom. The maximum Gasteiger partial charge on any atom is 0.346 e. The van der Waals surface area contributed by atoms with Crippen LogP contribution in [0.1, 0.15) is 59.3 Å². The van der Waals surface area contributed by atoms with Gasteiger partial charge in [-0.25, -0.2) is 0 Å². The largest absolute Gasteiger partial charge is 0.385 e. The van der Waals surface area contributed by atoms with Crippen LogP contribution in [0.2, 0.25) is 0 Å². The van der Waals surface area contributed by atoms with Crippen LogP contribution in [0.4, 0.5) is 0 Å². The van der Waals surface area contributed by atoms with Crippen LogP contribution in [0.15, 0.2) is 0 Å². The molecule has 170 valence electrons. The molecule has 0 aliphatic carbocycles. The van der Waals surface area contributed by atoms with E-state index >= 15 is 0 Å². The summed E-state index contributed by atoms with van der Waals surface area (Å²) in [5.74, 6) is -10.0. The number of hydrogen-bond donors (Lipinski definition) is 9. The third-order valence-corrected chi connectivity index (χ3v) is 4.87. The van der Waals surface area contributed by atoms with Crippen molar-refractivity contribution in [1.29, 1.82) is 0 Å². The molecule has 0 aliphatic rings. The van der Waals surface area contributed by atoms with E-state index in [1.807, 2.05) is 0 Å². The molecular weight excluding hydrogens is 403 g/mol. The van der Waals surface area contributed by atoms with Gasteiger partial charge in [0.2, 0.25) is 0 Å². The summed E-state index contributed by atoms with van der Waals surface area (Å²) in [7, 11) is -3.43. The fourth-order valence-electron chi connectivity index (χ4n) is 1.95. The molecule has 3 atom stereocenters. The standard InChI is InChI=1S/C15H33O12P/c1-4-7-10(16)13(19,20)25-28(26-14(21,22)11(17)8-5-2)27-15(23,24)12(18)9-6-3/h10-12,16-24H,4-9H2,1-3H3. The second-order valence-electron chi connectivity index (χ2n) is 6.39. The molecule has 0 aliphatic heterocycles. The highest BCUT2D eigenvalue weighted by molar-refractivity contribution is 7.41. The molecule has 0 rings (SSSR count). The maximum atomic E-state index is 9.85. The molecule has 0 spiro atoms. The zero-order valence-electron chi connectivity index (χ0n) is 16.2. The van der Waals surface area contributed by atoms with Crippen molar-refractivity contribution in [3.05, 3.63) is 0 Å². The second-order valence-corrected chi connectivity index (χ2v) is 7.38. The molecule has 28 heavy (non-hydrogen) atoms. The molecule has 0 radical (unpaired) electrons. The van der Waals surface area contributed by atoms with E-state index in [1.165, 1.54) is 0 Å². The van der Waals surface area contributed by atoms with E-state index in [2.05, 4.69) is 13.6 Å². The average Bonchev–Trinajstić information content (AvgIpc) is 2.54. The minimum absolute atomic E-state index is 0.153. The molecular formula is C15H33O12P. The third-order valence-electron chi connectivity index (χ3n) is 3.62. The van der Waals surface area contributed by atoms with Gasteiger partial charge in [0, 0.05) is 0 Å². The van der Waals surface area contributed by atoms with Crippen LogP contribution in [-0.4, -0.2) is 82.2 Å². The van der Waals surface area contributed by atoms with E-state index in [0.717, 1.165) is 0 Å². The monoisotopic (exact) mass is 436 g/mol. The summed E-state index contributed by atoms with van der Waals surface area (Å²) in [6.07, 6.45) is -5.21. The SMILES string of the molecule is CCCC(O)C(O)(O)OP(OC(O)(O)C(O)CCC)OC(O)(O)C(O)CCC. The van der Waals surface area contributed by atoms with Crippen molar-refractivity contribution in [3.8, 4) is 0 Å². The van der Waals surface area contributed by atoms with Gasteiger partial charge in [0.15, 0.2) is 0 Å². The Bertz CT molecular complexity index is 371. The van der Waals surface area contributed by atoms with Gasteiger partial charge in [-0.2, -0.15) is 0 Å². The summed E-state index contributed by atoms with van der Waals surface area (Å²) in [6.45, 7) is 4.86. The molecule has 0 saturated heterocycles. The minimum Gasteiger partial charge on any atom is -0.385 e. The first-order valence-electron chi connectivity index (χ1n) is 8.99. The Balaban J connectivity index is 5.53. The van der Waals surface area contributed by atoms with Crippen molar-refractivity contribution in [2.24, 2.45) is 0 Å². The average molecular weight is 436 g/mol. The van der Waals surface area contributed by atoms with Crippen molar-refractivity contribution in [2.75, 3.05) is 0 Å². The van der Waals surface area contributed by atoms with Crippen LogP contribution in [0.3, 0.4) is 0 Å². The molecule has 0 aromatic heterocycles. The molecule has 9 N–H and O–H groups in total. The summed E-state index contributed by atoms with van der Waals surface area (Å²) in [6, 6.07) is 0. The van der Waals surface area contributed by atoms with Crippen molar-refractivity contribution >= 4 is 8.60 Å². The lowest BCUT2D eigenvalue weighted by Crippen LogP contribution is -2.49. The van der Waals surface area contributed by atoms with Gasteiger partial charge in [0.25, 0.3) is 0 Å². The van der Waals surface area contributed by atoms with E-state index < -0.39 is 44.8 Å². The van der Waals surface area contributed by atoms with Crippen LogP contribution in [-0.2, 0) is 13.6 Å².